The molecular weight excluding hydrogens is 480 g/mol. The number of ether oxygens (including phenoxy) is 1. The Morgan fingerprint density at radius 2 is 1.80 bits per heavy atom. The highest BCUT2D eigenvalue weighted by Gasteiger charge is 2.42. The molecule has 2 atom stereocenters. The number of thiophene rings is 1. The topological polar surface area (TPSA) is 86.1 Å². The van der Waals surface area contributed by atoms with Gasteiger partial charge < -0.3 is 14.6 Å². The zero-order valence-corrected chi connectivity index (χ0v) is 20.9. The highest BCUT2D eigenvalue weighted by Crippen LogP contribution is 2.54. The third kappa shape index (κ3) is 4.87. The summed E-state index contributed by atoms with van der Waals surface area (Å²) in [6.07, 6.45) is 1.06. The Morgan fingerprint density at radius 3 is 2.51 bits per heavy atom. The van der Waals surface area contributed by atoms with Crippen LogP contribution in [0.1, 0.15) is 40.0 Å². The fourth-order valence-electron chi connectivity index (χ4n) is 4.20. The van der Waals surface area contributed by atoms with Crippen LogP contribution < -0.4 is 5.32 Å². The minimum absolute atomic E-state index is 0.151. The van der Waals surface area contributed by atoms with Crippen molar-refractivity contribution < 1.29 is 14.3 Å². The number of aromatic nitrogens is 3. The van der Waals surface area contributed by atoms with Crippen molar-refractivity contribution >= 4 is 40.0 Å². The maximum atomic E-state index is 12.8. The number of carbonyl (C=O) groups is 2. The monoisotopic (exact) mass is 504 g/mol. The van der Waals surface area contributed by atoms with E-state index in [0.717, 1.165) is 23.4 Å². The molecule has 2 aromatic carbocycles. The van der Waals surface area contributed by atoms with Crippen LogP contribution in [0.5, 0.6) is 0 Å². The number of benzene rings is 2. The van der Waals surface area contributed by atoms with Crippen molar-refractivity contribution in [3.8, 4) is 11.1 Å². The van der Waals surface area contributed by atoms with Gasteiger partial charge in [-0.25, -0.2) is 4.79 Å². The zero-order chi connectivity index (χ0) is 24.4. The maximum Gasteiger partial charge on any atom is 0.341 e. The largest absolute Gasteiger partial charge is 0.465 e. The summed E-state index contributed by atoms with van der Waals surface area (Å²) >= 11 is 2.63. The van der Waals surface area contributed by atoms with Gasteiger partial charge in [0.15, 0.2) is 5.16 Å². The van der Waals surface area contributed by atoms with Crippen molar-refractivity contribution in [3.05, 3.63) is 83.0 Å². The van der Waals surface area contributed by atoms with Crippen LogP contribution in [0, 0.1) is 0 Å². The normalized spacial score (nSPS) is 16.6. The Hall–Kier alpha value is -3.43. The van der Waals surface area contributed by atoms with Gasteiger partial charge in [-0.15, -0.1) is 21.5 Å². The van der Waals surface area contributed by atoms with Gasteiger partial charge in [-0.2, -0.15) is 0 Å². The van der Waals surface area contributed by atoms with Crippen molar-refractivity contribution in [1.82, 2.24) is 14.8 Å². The fraction of sp³-hybridized carbons (Fsp3) is 0.231. The van der Waals surface area contributed by atoms with Crippen LogP contribution in [0.2, 0.25) is 0 Å². The second kappa shape index (κ2) is 10.1. The molecule has 0 saturated heterocycles. The summed E-state index contributed by atoms with van der Waals surface area (Å²) in [4.78, 5) is 25.3. The average molecular weight is 505 g/mol. The lowest BCUT2D eigenvalue weighted by molar-refractivity contribution is -0.113. The molecular formula is C26H24N4O3S2. The molecule has 1 aliphatic rings. The van der Waals surface area contributed by atoms with E-state index < -0.39 is 5.97 Å². The Kier molecular flexibility index (Phi) is 6.70. The third-order valence-electron chi connectivity index (χ3n) is 6.07. The number of nitrogens with one attached hydrogen (secondary N) is 1. The molecule has 1 fully saturated rings. The lowest BCUT2D eigenvalue weighted by Crippen LogP contribution is -2.16. The number of esters is 1. The smallest absolute Gasteiger partial charge is 0.341 e. The molecule has 2 aromatic heterocycles. The van der Waals surface area contributed by atoms with Gasteiger partial charge in [-0.1, -0.05) is 72.4 Å². The second-order valence-electron chi connectivity index (χ2n) is 8.31. The first kappa shape index (κ1) is 23.3. The molecule has 2 unspecified atom stereocenters. The Balaban J connectivity index is 1.24. The minimum Gasteiger partial charge on any atom is -0.465 e. The molecule has 0 spiro atoms. The molecule has 35 heavy (non-hydrogen) atoms. The molecule has 0 bridgehead atoms. The highest BCUT2D eigenvalue weighted by atomic mass is 32.2. The van der Waals surface area contributed by atoms with E-state index in [9.17, 15) is 9.59 Å². The van der Waals surface area contributed by atoms with Gasteiger partial charge in [0, 0.05) is 23.9 Å². The molecule has 4 aromatic rings. The van der Waals surface area contributed by atoms with Gasteiger partial charge >= 0.3 is 5.97 Å². The van der Waals surface area contributed by atoms with Crippen molar-refractivity contribution in [2.75, 3.05) is 18.2 Å². The second-order valence-corrected chi connectivity index (χ2v) is 10.1. The van der Waals surface area contributed by atoms with E-state index in [1.807, 2.05) is 53.4 Å². The number of methoxy groups -OCH3 is 1. The standard InChI is InChI=1S/C26H24N4O3S2/c1-30-23(19-13-18(19)16-9-5-3-6-10-16)28-29-26(30)35-15-21(31)27-24-22(25(32)33-2)20(14-34-24)17-11-7-4-8-12-17/h3-12,14,18-19H,13,15H2,1-2H3,(H,27,31). The molecule has 0 radical (unpaired) electrons. The lowest BCUT2D eigenvalue weighted by Gasteiger charge is -2.08. The minimum atomic E-state index is -0.483. The molecule has 7 nitrogen and oxygen atoms in total. The Morgan fingerprint density at radius 1 is 1.09 bits per heavy atom. The van der Waals surface area contributed by atoms with Crippen molar-refractivity contribution in [1.29, 1.82) is 0 Å². The molecule has 9 heteroatoms. The number of nitrogens with zero attached hydrogens (tertiary/aromatic N) is 3. The summed E-state index contributed by atoms with van der Waals surface area (Å²) < 4.78 is 6.96. The van der Waals surface area contributed by atoms with E-state index >= 15 is 0 Å². The van der Waals surface area contributed by atoms with E-state index in [0.29, 0.717) is 27.6 Å². The molecule has 1 amide bonds. The van der Waals surface area contributed by atoms with Crippen molar-refractivity contribution in [3.63, 3.8) is 0 Å². The molecule has 5 rings (SSSR count). The first-order valence-electron chi connectivity index (χ1n) is 11.2. The number of amides is 1. The maximum absolute atomic E-state index is 12.8. The number of thioether (sulfide) groups is 1. The highest BCUT2D eigenvalue weighted by molar-refractivity contribution is 7.99. The van der Waals surface area contributed by atoms with Crippen LogP contribution in [0.4, 0.5) is 5.00 Å². The SMILES string of the molecule is COC(=O)c1c(-c2ccccc2)csc1NC(=O)CSc1nnc(C2CC2c2ccccc2)n1C. The zero-order valence-electron chi connectivity index (χ0n) is 19.3. The molecule has 0 aliphatic heterocycles. The van der Waals surface area contributed by atoms with E-state index in [1.165, 1.54) is 35.8 Å². The molecule has 1 saturated carbocycles. The van der Waals surface area contributed by atoms with Crippen LogP contribution >= 0.6 is 23.1 Å². The van der Waals surface area contributed by atoms with Crippen molar-refractivity contribution in [2.45, 2.75) is 23.4 Å². The van der Waals surface area contributed by atoms with E-state index in [4.69, 9.17) is 4.74 Å². The molecule has 1 aliphatic carbocycles. The first-order valence-corrected chi connectivity index (χ1v) is 13.1. The quantitative estimate of drug-likeness (QED) is 0.258. The van der Waals surface area contributed by atoms with Crippen LogP contribution in [0.15, 0.2) is 71.2 Å². The van der Waals surface area contributed by atoms with Gasteiger partial charge in [0.2, 0.25) is 5.91 Å². The van der Waals surface area contributed by atoms with Crippen LogP contribution in [0.3, 0.4) is 0 Å². The average Bonchev–Trinajstić information content (AvgIpc) is 3.44. The molecule has 178 valence electrons. The van der Waals surface area contributed by atoms with Gasteiger partial charge in [0.05, 0.1) is 12.9 Å². The van der Waals surface area contributed by atoms with Gasteiger partial charge in [0.25, 0.3) is 0 Å². The van der Waals surface area contributed by atoms with Crippen molar-refractivity contribution in [2.24, 2.45) is 7.05 Å². The number of hydrogen-bond donors (Lipinski definition) is 1. The summed E-state index contributed by atoms with van der Waals surface area (Å²) in [6, 6.07) is 20.0. The fourth-order valence-corrected chi connectivity index (χ4v) is 5.89. The summed E-state index contributed by atoms with van der Waals surface area (Å²) in [5.41, 5.74) is 3.31. The predicted octanol–water partition coefficient (Wildman–Crippen LogP) is 5.33. The Bertz CT molecular complexity index is 1350. The van der Waals surface area contributed by atoms with E-state index in [1.54, 1.807) is 0 Å². The summed E-state index contributed by atoms with van der Waals surface area (Å²) in [7, 11) is 3.28. The van der Waals surface area contributed by atoms with Gasteiger partial charge in [-0.05, 0) is 23.5 Å². The summed E-state index contributed by atoms with van der Waals surface area (Å²) in [5.74, 6) is 1.21. The van der Waals surface area contributed by atoms with Crippen LogP contribution in [0.25, 0.3) is 11.1 Å². The first-order chi connectivity index (χ1) is 17.1. The summed E-state index contributed by atoms with van der Waals surface area (Å²) in [6.45, 7) is 0. The molecule has 2 heterocycles. The molecule has 1 N–H and O–H groups in total. The van der Waals surface area contributed by atoms with Crippen LogP contribution in [-0.4, -0.2) is 39.5 Å². The number of rotatable bonds is 8. The predicted molar refractivity (Wildman–Crippen MR) is 138 cm³/mol. The number of carbonyl (C=O) groups excluding carboxylic acids is 2. The van der Waals surface area contributed by atoms with E-state index in [-0.39, 0.29) is 11.7 Å². The number of anilines is 1. The summed E-state index contributed by atoms with van der Waals surface area (Å²) in [5, 5.41) is 14.6. The third-order valence-corrected chi connectivity index (χ3v) is 7.98. The van der Waals surface area contributed by atoms with Gasteiger partial charge in [0.1, 0.15) is 16.4 Å². The number of hydrogen-bond acceptors (Lipinski definition) is 7. The van der Waals surface area contributed by atoms with Gasteiger partial charge in [-0.3, -0.25) is 4.79 Å². The lowest BCUT2D eigenvalue weighted by atomic mass is 10.0. The Labute approximate surface area is 211 Å². The van der Waals surface area contributed by atoms with Crippen LogP contribution in [-0.2, 0) is 16.6 Å². The van der Waals surface area contributed by atoms with E-state index in [2.05, 4.69) is 39.8 Å².